The average Bonchev–Trinajstić information content (AvgIpc) is 2.97. The highest BCUT2D eigenvalue weighted by Gasteiger charge is 2.20. The Kier molecular flexibility index (Phi) is 7.82. The summed E-state index contributed by atoms with van der Waals surface area (Å²) < 4.78 is 41.4. The zero-order chi connectivity index (χ0) is 27.6. The third-order valence-electron chi connectivity index (χ3n) is 6.73. The monoisotopic (exact) mass is 582 g/mol. The van der Waals surface area contributed by atoms with Crippen LogP contribution in [-0.4, -0.2) is 0 Å². The van der Waals surface area contributed by atoms with E-state index >= 15 is 0 Å². The standard InChI is InChI=1S/C34H24F3P3/c35-25-3-13-29(14-4-25)39(30-15-5-26(36)6-16-30)33-11-1-23-2-12-34(22-24(23)21-33)40(31-17-7-27(37)8-18-31)32-19-9-28(38)10-20-32/h1-22H,38H2. The molecule has 0 aromatic heterocycles. The topological polar surface area (TPSA) is 0 Å². The molecule has 6 rings (SSSR count). The molecule has 0 aliphatic heterocycles. The van der Waals surface area contributed by atoms with Crippen molar-refractivity contribution >= 4 is 73.0 Å². The van der Waals surface area contributed by atoms with E-state index in [1.165, 1.54) is 41.7 Å². The average molecular weight is 582 g/mol. The first-order chi connectivity index (χ1) is 19.4. The third-order valence-corrected chi connectivity index (χ3v) is 12.0. The molecule has 6 heteroatoms. The maximum atomic E-state index is 13.8. The van der Waals surface area contributed by atoms with E-state index in [-0.39, 0.29) is 17.5 Å². The summed E-state index contributed by atoms with van der Waals surface area (Å²) >= 11 is 0. The van der Waals surface area contributed by atoms with E-state index in [1.807, 2.05) is 36.4 Å². The van der Waals surface area contributed by atoms with E-state index in [9.17, 15) is 13.2 Å². The number of rotatable bonds is 6. The van der Waals surface area contributed by atoms with Crippen LogP contribution in [0.1, 0.15) is 0 Å². The molecule has 40 heavy (non-hydrogen) atoms. The molecular formula is C34H24F3P3. The number of hydrogen-bond donors (Lipinski definition) is 0. The van der Waals surface area contributed by atoms with Gasteiger partial charge in [0.1, 0.15) is 17.5 Å². The molecule has 0 heterocycles. The van der Waals surface area contributed by atoms with Crippen molar-refractivity contribution in [1.82, 2.24) is 0 Å². The third kappa shape index (κ3) is 5.75. The van der Waals surface area contributed by atoms with Crippen LogP contribution < -0.4 is 37.1 Å². The van der Waals surface area contributed by atoms with Gasteiger partial charge in [0, 0.05) is 0 Å². The fourth-order valence-electron chi connectivity index (χ4n) is 4.79. The minimum atomic E-state index is -1.04. The summed E-state index contributed by atoms with van der Waals surface area (Å²) in [7, 11) is 0.768. The van der Waals surface area contributed by atoms with Crippen LogP contribution in [0.25, 0.3) is 10.8 Å². The molecule has 0 radical (unpaired) electrons. The normalized spacial score (nSPS) is 12.1. The van der Waals surface area contributed by atoms with Crippen molar-refractivity contribution in [1.29, 1.82) is 0 Å². The molecule has 0 spiro atoms. The van der Waals surface area contributed by atoms with Crippen molar-refractivity contribution in [2.24, 2.45) is 0 Å². The van der Waals surface area contributed by atoms with Crippen molar-refractivity contribution < 1.29 is 13.2 Å². The van der Waals surface area contributed by atoms with Crippen LogP contribution in [0.3, 0.4) is 0 Å². The van der Waals surface area contributed by atoms with Gasteiger partial charge >= 0.3 is 0 Å². The van der Waals surface area contributed by atoms with Crippen molar-refractivity contribution in [3.8, 4) is 0 Å². The summed E-state index contributed by atoms with van der Waals surface area (Å²) in [5, 5.41) is 9.79. The van der Waals surface area contributed by atoms with Gasteiger partial charge in [-0.3, -0.25) is 0 Å². The molecule has 0 bridgehead atoms. The molecule has 2 atom stereocenters. The van der Waals surface area contributed by atoms with Gasteiger partial charge in [0.15, 0.2) is 0 Å². The molecule has 0 fully saturated rings. The highest BCUT2D eigenvalue weighted by Crippen LogP contribution is 2.36. The predicted octanol–water partition coefficient (Wildman–Crippen LogP) is 6.27. The second-order valence-corrected chi connectivity index (χ2v) is 14.5. The zero-order valence-corrected chi connectivity index (χ0v) is 24.3. The smallest absolute Gasteiger partial charge is 0.123 e. The largest absolute Gasteiger partial charge is 0.207 e. The maximum absolute atomic E-state index is 13.8. The van der Waals surface area contributed by atoms with E-state index in [0.717, 1.165) is 42.6 Å². The van der Waals surface area contributed by atoms with E-state index in [0.29, 0.717) is 0 Å². The van der Waals surface area contributed by atoms with E-state index < -0.39 is 15.8 Å². The summed E-state index contributed by atoms with van der Waals surface area (Å²) in [5.41, 5.74) is 0. The molecule has 2 unspecified atom stereocenters. The lowest BCUT2D eigenvalue weighted by Crippen LogP contribution is -2.22. The Labute approximate surface area is 236 Å². The van der Waals surface area contributed by atoms with Crippen molar-refractivity contribution in [2.45, 2.75) is 0 Å². The molecule has 0 N–H and O–H groups in total. The van der Waals surface area contributed by atoms with Gasteiger partial charge in [-0.2, -0.15) is 0 Å². The fourth-order valence-corrected chi connectivity index (χ4v) is 9.54. The first-order valence-electron chi connectivity index (χ1n) is 12.7. The van der Waals surface area contributed by atoms with E-state index in [4.69, 9.17) is 0 Å². The maximum Gasteiger partial charge on any atom is 0.123 e. The van der Waals surface area contributed by atoms with Crippen LogP contribution in [-0.2, 0) is 0 Å². The zero-order valence-electron chi connectivity index (χ0n) is 21.3. The van der Waals surface area contributed by atoms with Gasteiger partial charge < -0.3 is 0 Å². The Morgan fingerprint density at radius 2 is 0.650 bits per heavy atom. The van der Waals surface area contributed by atoms with Gasteiger partial charge in [0.2, 0.25) is 0 Å². The molecule has 196 valence electrons. The van der Waals surface area contributed by atoms with Crippen LogP contribution in [0.5, 0.6) is 0 Å². The summed E-state index contributed by atoms with van der Waals surface area (Å²) in [6.45, 7) is 0. The summed E-state index contributed by atoms with van der Waals surface area (Å²) in [6, 6.07) is 41.3. The number of fused-ring (bicyclic) bond motifs is 1. The SMILES string of the molecule is Fc1ccc(P(c2ccc(F)cc2)c2ccc3ccc(P(c4ccc(F)cc4)c4ccc(P)cc4)cc3c2)cc1. The highest BCUT2D eigenvalue weighted by molar-refractivity contribution is 7.80. The Bertz CT molecular complexity index is 1550. The van der Waals surface area contributed by atoms with Gasteiger partial charge in [0.05, 0.1) is 0 Å². The van der Waals surface area contributed by atoms with E-state index in [2.05, 4.69) is 69.9 Å². The minimum absolute atomic E-state index is 0.253. The van der Waals surface area contributed by atoms with Crippen LogP contribution in [0.2, 0.25) is 0 Å². The van der Waals surface area contributed by atoms with Crippen molar-refractivity contribution in [3.05, 3.63) is 151 Å². The fraction of sp³-hybridized carbons (Fsp3) is 0. The summed E-state index contributed by atoms with van der Waals surface area (Å²) in [6.07, 6.45) is 0. The molecule has 6 aromatic rings. The molecule has 0 aliphatic rings. The Morgan fingerprint density at radius 3 is 1.00 bits per heavy atom. The molecule has 0 amide bonds. The van der Waals surface area contributed by atoms with Gasteiger partial charge in [-0.05, 0) is 112 Å². The highest BCUT2D eigenvalue weighted by atomic mass is 31.1. The van der Waals surface area contributed by atoms with Crippen LogP contribution in [0.4, 0.5) is 13.2 Å². The second-order valence-electron chi connectivity index (χ2n) is 9.41. The minimum Gasteiger partial charge on any atom is -0.207 e. The lowest BCUT2D eigenvalue weighted by Gasteiger charge is -2.22. The predicted molar refractivity (Wildman–Crippen MR) is 171 cm³/mol. The number of benzene rings is 6. The molecule has 0 saturated carbocycles. The Balaban J connectivity index is 1.49. The van der Waals surface area contributed by atoms with Crippen LogP contribution in [0, 0.1) is 17.5 Å². The van der Waals surface area contributed by atoms with Crippen molar-refractivity contribution in [2.75, 3.05) is 0 Å². The van der Waals surface area contributed by atoms with Crippen LogP contribution >= 0.6 is 25.1 Å². The van der Waals surface area contributed by atoms with Gasteiger partial charge in [-0.25, -0.2) is 13.2 Å². The van der Waals surface area contributed by atoms with Gasteiger partial charge in [0.25, 0.3) is 0 Å². The van der Waals surface area contributed by atoms with E-state index in [1.54, 1.807) is 0 Å². The quantitative estimate of drug-likeness (QED) is 0.203. The lowest BCUT2D eigenvalue weighted by molar-refractivity contribution is 0.628. The second kappa shape index (κ2) is 11.6. The Morgan fingerprint density at radius 1 is 0.350 bits per heavy atom. The number of hydrogen-bond acceptors (Lipinski definition) is 0. The first kappa shape index (κ1) is 26.9. The van der Waals surface area contributed by atoms with Crippen molar-refractivity contribution in [3.63, 3.8) is 0 Å². The molecule has 6 aromatic carbocycles. The molecular weight excluding hydrogens is 558 g/mol. The van der Waals surface area contributed by atoms with Gasteiger partial charge in [-0.1, -0.05) is 84.9 Å². The van der Waals surface area contributed by atoms with Crippen LogP contribution in [0.15, 0.2) is 133 Å². The summed E-state index contributed by atoms with van der Waals surface area (Å²) in [5.74, 6) is -0.827. The summed E-state index contributed by atoms with van der Waals surface area (Å²) in [4.78, 5) is 0. The molecule has 0 aliphatic carbocycles. The first-order valence-corrected chi connectivity index (χ1v) is 16.0. The molecule has 0 saturated heterocycles. The lowest BCUT2D eigenvalue weighted by atomic mass is 10.1. The van der Waals surface area contributed by atoms with Gasteiger partial charge in [-0.15, -0.1) is 9.24 Å². The number of halogens is 3. The Hall–Kier alpha value is -3.34. The molecule has 0 nitrogen and oxygen atoms in total.